The fraction of sp³-hybridized carbons (Fsp3) is 0.333. The molecule has 3 aliphatic heterocycles. The van der Waals surface area contributed by atoms with Gasteiger partial charge >= 0.3 is 6.09 Å². The first-order chi connectivity index (χ1) is 26.1. The number of nitrogens with zero attached hydrogens (tertiary/aromatic N) is 5. The van der Waals surface area contributed by atoms with Crippen molar-refractivity contribution in [2.45, 2.75) is 62.9 Å². The number of fused-ring (bicyclic) bond motifs is 2. The molecule has 5 aromatic rings. The maximum atomic E-state index is 15.3. The number of hydrogen-bond donors (Lipinski definition) is 1. The van der Waals surface area contributed by atoms with E-state index in [0.29, 0.717) is 44.0 Å². The fourth-order valence-corrected chi connectivity index (χ4v) is 13.0. The third-order valence-corrected chi connectivity index (χ3v) is 16.0. The van der Waals surface area contributed by atoms with E-state index in [1.807, 2.05) is 95.9 Å². The Hall–Kier alpha value is -5.30. The van der Waals surface area contributed by atoms with Crippen molar-refractivity contribution in [3.8, 4) is 5.75 Å². The van der Waals surface area contributed by atoms with Crippen LogP contribution in [-0.4, -0.2) is 66.5 Å². The number of carbonyl (C=O) groups is 2. The molecular weight excluding hydrogens is 699 g/mol. The van der Waals surface area contributed by atoms with Crippen LogP contribution in [0.1, 0.15) is 41.8 Å². The maximum Gasteiger partial charge on any atom is 0.414 e. The highest BCUT2D eigenvalue weighted by Crippen LogP contribution is 2.60. The van der Waals surface area contributed by atoms with Crippen molar-refractivity contribution in [1.82, 2.24) is 15.0 Å². The molecule has 0 bridgehead atoms. The Morgan fingerprint density at radius 3 is 2.39 bits per heavy atom. The lowest BCUT2D eigenvalue weighted by Crippen LogP contribution is -2.51. The lowest BCUT2D eigenvalue weighted by molar-refractivity contribution is -0.146. The van der Waals surface area contributed by atoms with Crippen molar-refractivity contribution in [2.24, 2.45) is 5.92 Å². The summed E-state index contributed by atoms with van der Waals surface area (Å²) in [6, 6.07) is 33.5. The van der Waals surface area contributed by atoms with Crippen LogP contribution in [0, 0.1) is 5.92 Å². The molecule has 2 fully saturated rings. The van der Waals surface area contributed by atoms with E-state index >= 15 is 4.79 Å². The molecule has 11 nitrogen and oxygen atoms in total. The molecule has 4 heterocycles. The van der Waals surface area contributed by atoms with Crippen LogP contribution in [0.15, 0.2) is 109 Å². The average Bonchev–Trinajstić information content (AvgIpc) is 3.97. The minimum atomic E-state index is -2.42. The molecule has 0 radical (unpaired) electrons. The van der Waals surface area contributed by atoms with Gasteiger partial charge in [0.1, 0.15) is 24.2 Å². The van der Waals surface area contributed by atoms with E-state index in [9.17, 15) is 9.90 Å². The largest absolute Gasteiger partial charge is 0.497 e. The van der Waals surface area contributed by atoms with Crippen molar-refractivity contribution < 1.29 is 28.9 Å². The van der Waals surface area contributed by atoms with E-state index < -0.39 is 25.9 Å². The second-order valence-electron chi connectivity index (χ2n) is 15.0. The van der Waals surface area contributed by atoms with Gasteiger partial charge in [-0.25, -0.2) is 4.79 Å². The van der Waals surface area contributed by atoms with Gasteiger partial charge in [0.25, 0.3) is 5.91 Å². The number of cyclic esters (lactones) is 1. The lowest BCUT2D eigenvalue weighted by atomic mass is 9.82. The Balaban J connectivity index is 1.19. The Morgan fingerprint density at radius 2 is 1.70 bits per heavy atom. The fourth-order valence-electron chi connectivity index (χ4n) is 8.90. The van der Waals surface area contributed by atoms with Gasteiger partial charge in [0.15, 0.2) is 5.60 Å². The van der Waals surface area contributed by atoms with Gasteiger partial charge in [-0.2, -0.15) is 0 Å². The van der Waals surface area contributed by atoms with E-state index in [1.165, 1.54) is 5.19 Å². The van der Waals surface area contributed by atoms with Gasteiger partial charge in [0, 0.05) is 23.7 Å². The van der Waals surface area contributed by atoms with E-state index in [0.717, 1.165) is 28.1 Å². The Morgan fingerprint density at radius 1 is 0.981 bits per heavy atom. The van der Waals surface area contributed by atoms with E-state index in [2.05, 4.69) is 42.5 Å². The minimum Gasteiger partial charge on any atom is -0.497 e. The summed E-state index contributed by atoms with van der Waals surface area (Å²) in [7, 11) is -0.749. The van der Waals surface area contributed by atoms with Gasteiger partial charge in [-0.05, 0) is 53.4 Å². The smallest absolute Gasteiger partial charge is 0.414 e. The van der Waals surface area contributed by atoms with Gasteiger partial charge in [0.2, 0.25) is 0 Å². The quantitative estimate of drug-likeness (QED) is 0.160. The van der Waals surface area contributed by atoms with Gasteiger partial charge in [0.05, 0.1) is 46.3 Å². The highest BCUT2D eigenvalue weighted by molar-refractivity contribution is 6.91. The van der Waals surface area contributed by atoms with Crippen molar-refractivity contribution in [3.63, 3.8) is 0 Å². The Bertz CT molecular complexity index is 2150. The third-order valence-electron chi connectivity index (χ3n) is 11.7. The SMILES string of the molecule is COc1ccc([Si](C)(C)[C@H]2[C@H](CCn3cc([C@H](O)c4ccccc4)nn3)O[C@@]3(C(=O)N(Cc4ccccc4)c4ccc(N5CCOC5=O)cc43)[C@@H]2C)cc1. The molecule has 0 saturated carbocycles. The molecule has 1 spiro atoms. The van der Waals surface area contributed by atoms with Crippen molar-refractivity contribution in [3.05, 3.63) is 132 Å². The average molecular weight is 744 g/mol. The maximum absolute atomic E-state index is 15.3. The van der Waals surface area contributed by atoms with Gasteiger partial charge in [-0.15, -0.1) is 5.10 Å². The molecule has 54 heavy (non-hydrogen) atoms. The normalized spacial score (nSPS) is 22.9. The van der Waals surface area contributed by atoms with Crippen LogP contribution in [0.25, 0.3) is 0 Å². The molecule has 0 unspecified atom stereocenters. The number of anilines is 2. The van der Waals surface area contributed by atoms with Gasteiger partial charge in [-0.1, -0.05) is 103 Å². The summed E-state index contributed by atoms with van der Waals surface area (Å²) in [6.45, 7) is 8.48. The predicted octanol–water partition coefficient (Wildman–Crippen LogP) is 6.18. The zero-order valence-corrected chi connectivity index (χ0v) is 32.0. The number of carbonyl (C=O) groups excluding carboxylic acids is 2. The van der Waals surface area contributed by atoms with Crippen molar-refractivity contribution in [1.29, 1.82) is 0 Å². The second kappa shape index (κ2) is 14.2. The summed E-state index contributed by atoms with van der Waals surface area (Å²) in [5.41, 5.74) is 3.15. The minimum absolute atomic E-state index is 0.00215. The van der Waals surface area contributed by atoms with Crippen molar-refractivity contribution >= 4 is 36.6 Å². The van der Waals surface area contributed by atoms with Crippen molar-refractivity contribution in [2.75, 3.05) is 30.1 Å². The first kappa shape index (κ1) is 35.7. The van der Waals surface area contributed by atoms with Crippen LogP contribution in [0.4, 0.5) is 16.2 Å². The highest BCUT2D eigenvalue weighted by Gasteiger charge is 2.66. The topological polar surface area (TPSA) is 119 Å². The number of aliphatic hydroxyl groups is 1. The first-order valence-corrected chi connectivity index (χ1v) is 21.6. The van der Waals surface area contributed by atoms with E-state index in [1.54, 1.807) is 22.9 Å². The van der Waals surface area contributed by atoms with Gasteiger partial charge < -0.3 is 24.2 Å². The zero-order valence-electron chi connectivity index (χ0n) is 31.0. The zero-order chi connectivity index (χ0) is 37.6. The Kier molecular flexibility index (Phi) is 9.37. The molecule has 5 atom stereocenters. The number of ether oxygens (including phenoxy) is 3. The van der Waals surface area contributed by atoms with E-state index in [-0.39, 0.29) is 23.5 Å². The van der Waals surface area contributed by atoms with Crippen LogP contribution in [0.3, 0.4) is 0 Å². The summed E-state index contributed by atoms with van der Waals surface area (Å²) in [5.74, 6) is 0.456. The predicted molar refractivity (Wildman–Crippen MR) is 207 cm³/mol. The third kappa shape index (κ3) is 6.07. The summed E-state index contributed by atoms with van der Waals surface area (Å²) in [4.78, 5) is 31.5. The molecule has 0 aliphatic carbocycles. The van der Waals surface area contributed by atoms with Crippen LogP contribution in [-0.2, 0) is 33.0 Å². The molecule has 2 saturated heterocycles. The van der Waals surface area contributed by atoms with Crippen LogP contribution in [0.2, 0.25) is 18.6 Å². The van der Waals surface area contributed by atoms with Crippen LogP contribution < -0.4 is 19.7 Å². The summed E-state index contributed by atoms with van der Waals surface area (Å²) >= 11 is 0. The molecule has 8 rings (SSSR count). The molecule has 3 aliphatic rings. The Labute approximate surface area is 316 Å². The molecule has 4 aromatic carbocycles. The number of aromatic nitrogens is 3. The number of aliphatic hydroxyl groups excluding tert-OH is 1. The highest BCUT2D eigenvalue weighted by atomic mass is 28.3. The van der Waals surface area contributed by atoms with Crippen LogP contribution in [0.5, 0.6) is 5.75 Å². The number of methoxy groups -OCH3 is 1. The monoisotopic (exact) mass is 743 g/mol. The van der Waals surface area contributed by atoms with E-state index in [4.69, 9.17) is 14.2 Å². The lowest BCUT2D eigenvalue weighted by Gasteiger charge is -2.37. The first-order valence-electron chi connectivity index (χ1n) is 18.5. The molecule has 12 heteroatoms. The molecule has 278 valence electrons. The molecule has 1 aromatic heterocycles. The summed E-state index contributed by atoms with van der Waals surface area (Å²) in [6.07, 6.45) is 0.719. The standard InChI is InChI=1S/C42H45N5O6Si/c1-28-39(54(3,4)33-18-16-32(51-2)17-19-33)37(21-22-45-27-35(43-44-45)38(48)30-13-9-6-10-14-30)53-42(28)34-25-31(46-23-24-52-41(46)50)15-20-36(34)47(40(42)49)26-29-11-7-5-8-12-29/h5-20,25,27-28,37-39,48H,21-24,26H2,1-4H3/t28-,37+,38-,39-,42+/m1/s1. The summed E-state index contributed by atoms with van der Waals surface area (Å²) in [5, 5.41) is 21.0. The number of amides is 2. The molecular formula is C42H45N5O6Si. The molecule has 1 N–H and O–H groups in total. The van der Waals surface area contributed by atoms with Gasteiger partial charge in [-0.3, -0.25) is 14.4 Å². The number of rotatable bonds is 11. The number of hydrogen-bond acceptors (Lipinski definition) is 8. The molecule has 2 amide bonds. The summed E-state index contributed by atoms with van der Waals surface area (Å²) < 4.78 is 19.9. The number of aryl methyl sites for hydroxylation is 1. The second-order valence-corrected chi connectivity index (χ2v) is 19.7. The number of benzene rings is 4. The van der Waals surface area contributed by atoms with Crippen LogP contribution >= 0.6 is 0 Å².